The van der Waals surface area contributed by atoms with Gasteiger partial charge >= 0.3 is 0 Å². The van der Waals surface area contributed by atoms with Gasteiger partial charge in [-0.3, -0.25) is 0 Å². The fraction of sp³-hybridized carbons (Fsp3) is 1.00. The first-order valence-corrected chi connectivity index (χ1v) is 8.43. The maximum Gasteiger partial charge on any atom is 0.151 e. The van der Waals surface area contributed by atoms with Crippen LogP contribution in [-0.4, -0.2) is 32.0 Å². The van der Waals surface area contributed by atoms with Gasteiger partial charge < -0.3 is 5.32 Å². The zero-order valence-corrected chi connectivity index (χ0v) is 10.5. The number of hydrogen-bond acceptors (Lipinski definition) is 3. The second-order valence-corrected chi connectivity index (χ2v) is 8.05. The SMILES string of the molecule is O=S1(=O)CCCC(NC(C2CC2)C2CC2)C1. The molecule has 1 saturated heterocycles. The summed E-state index contributed by atoms with van der Waals surface area (Å²) in [6.07, 6.45) is 7.32. The third kappa shape index (κ3) is 2.59. The van der Waals surface area contributed by atoms with Crippen LogP contribution >= 0.6 is 0 Å². The van der Waals surface area contributed by atoms with Crippen LogP contribution in [0.4, 0.5) is 0 Å². The van der Waals surface area contributed by atoms with E-state index in [0.717, 1.165) is 24.7 Å². The second-order valence-electron chi connectivity index (χ2n) is 5.82. The van der Waals surface area contributed by atoms with Gasteiger partial charge in [0.05, 0.1) is 11.5 Å². The molecule has 0 spiro atoms. The number of rotatable bonds is 4. The Bertz CT molecular complexity index is 345. The van der Waals surface area contributed by atoms with Gasteiger partial charge in [0.25, 0.3) is 0 Å². The Labute approximate surface area is 97.9 Å². The summed E-state index contributed by atoms with van der Waals surface area (Å²) in [4.78, 5) is 0. The minimum Gasteiger partial charge on any atom is -0.310 e. The van der Waals surface area contributed by atoms with Crippen molar-refractivity contribution < 1.29 is 8.42 Å². The smallest absolute Gasteiger partial charge is 0.151 e. The third-order valence-electron chi connectivity index (χ3n) is 4.15. The minimum absolute atomic E-state index is 0.241. The molecule has 3 aliphatic rings. The van der Waals surface area contributed by atoms with Crippen molar-refractivity contribution in [3.8, 4) is 0 Å². The van der Waals surface area contributed by atoms with Gasteiger partial charge in [0.2, 0.25) is 0 Å². The molecule has 16 heavy (non-hydrogen) atoms. The molecular formula is C12H21NO2S. The van der Waals surface area contributed by atoms with Crippen molar-refractivity contribution in [2.24, 2.45) is 11.8 Å². The lowest BCUT2D eigenvalue weighted by Crippen LogP contribution is -2.47. The maximum atomic E-state index is 11.6. The lowest BCUT2D eigenvalue weighted by Gasteiger charge is -2.28. The predicted molar refractivity (Wildman–Crippen MR) is 64.0 cm³/mol. The summed E-state index contributed by atoms with van der Waals surface area (Å²) in [6, 6.07) is 0.878. The van der Waals surface area contributed by atoms with Gasteiger partial charge in [-0.15, -0.1) is 0 Å². The minimum atomic E-state index is -2.75. The van der Waals surface area contributed by atoms with Gasteiger partial charge in [-0.1, -0.05) is 0 Å². The molecule has 3 rings (SSSR count). The van der Waals surface area contributed by atoms with E-state index in [1.54, 1.807) is 0 Å². The van der Waals surface area contributed by atoms with Crippen LogP contribution in [0.1, 0.15) is 38.5 Å². The largest absolute Gasteiger partial charge is 0.310 e. The molecule has 1 atom stereocenters. The van der Waals surface area contributed by atoms with Crippen LogP contribution < -0.4 is 5.32 Å². The second kappa shape index (κ2) is 3.98. The zero-order valence-electron chi connectivity index (χ0n) is 9.69. The molecule has 92 valence electrons. The standard InChI is InChI=1S/C12H21NO2S/c14-16(15)7-1-2-11(8-16)13-12(9-3-4-9)10-5-6-10/h9-13H,1-8H2. The van der Waals surface area contributed by atoms with Crippen LogP contribution in [0.15, 0.2) is 0 Å². The average molecular weight is 243 g/mol. The Morgan fingerprint density at radius 1 is 1.00 bits per heavy atom. The highest BCUT2D eigenvalue weighted by molar-refractivity contribution is 7.91. The van der Waals surface area contributed by atoms with Gasteiger partial charge in [-0.05, 0) is 50.4 Å². The molecular weight excluding hydrogens is 222 g/mol. The molecule has 4 heteroatoms. The maximum absolute atomic E-state index is 11.6. The molecule has 3 nitrogen and oxygen atoms in total. The van der Waals surface area contributed by atoms with E-state index < -0.39 is 9.84 Å². The third-order valence-corrected chi connectivity index (χ3v) is 5.97. The van der Waals surface area contributed by atoms with Crippen molar-refractivity contribution in [3.63, 3.8) is 0 Å². The molecule has 1 unspecified atom stereocenters. The Kier molecular flexibility index (Phi) is 2.75. The van der Waals surface area contributed by atoms with Crippen LogP contribution in [0.25, 0.3) is 0 Å². The average Bonchev–Trinajstić information content (AvgIpc) is 3.06. The number of sulfone groups is 1. The highest BCUT2D eigenvalue weighted by Gasteiger charge is 2.42. The van der Waals surface area contributed by atoms with Gasteiger partial charge in [0, 0.05) is 12.1 Å². The molecule has 1 heterocycles. The topological polar surface area (TPSA) is 46.2 Å². The highest BCUT2D eigenvalue weighted by Crippen LogP contribution is 2.44. The fourth-order valence-corrected chi connectivity index (χ4v) is 4.64. The predicted octanol–water partition coefficient (Wildman–Crippen LogP) is 1.34. The van der Waals surface area contributed by atoms with E-state index in [9.17, 15) is 8.42 Å². The summed E-state index contributed by atoms with van der Waals surface area (Å²) in [7, 11) is -2.75. The molecule has 1 N–H and O–H groups in total. The van der Waals surface area contributed by atoms with Gasteiger partial charge in [-0.2, -0.15) is 0 Å². The summed E-state index contributed by atoms with van der Waals surface area (Å²) in [5, 5.41) is 3.66. The van der Waals surface area contributed by atoms with E-state index in [-0.39, 0.29) is 6.04 Å². The Hall–Kier alpha value is -0.0900. The van der Waals surface area contributed by atoms with Crippen LogP contribution in [0, 0.1) is 11.8 Å². The van der Waals surface area contributed by atoms with E-state index in [1.807, 2.05) is 0 Å². The Morgan fingerprint density at radius 3 is 2.12 bits per heavy atom. The summed E-state index contributed by atoms with van der Waals surface area (Å²) in [5.74, 6) is 2.50. The van der Waals surface area contributed by atoms with Crippen molar-refractivity contribution in [2.75, 3.05) is 11.5 Å². The van der Waals surface area contributed by atoms with Crippen molar-refractivity contribution in [1.29, 1.82) is 0 Å². The van der Waals surface area contributed by atoms with E-state index in [0.29, 0.717) is 17.5 Å². The molecule has 0 amide bonds. The lowest BCUT2D eigenvalue weighted by atomic mass is 10.0. The Morgan fingerprint density at radius 2 is 1.62 bits per heavy atom. The van der Waals surface area contributed by atoms with E-state index in [1.165, 1.54) is 25.7 Å². The molecule has 0 aromatic carbocycles. The first-order chi connectivity index (χ1) is 7.64. The molecule has 0 aromatic heterocycles. The van der Waals surface area contributed by atoms with Crippen molar-refractivity contribution >= 4 is 9.84 Å². The Balaban J connectivity index is 1.60. The van der Waals surface area contributed by atoms with Crippen molar-refractivity contribution in [3.05, 3.63) is 0 Å². The quantitative estimate of drug-likeness (QED) is 0.810. The zero-order chi connectivity index (χ0) is 11.2. The molecule has 3 fully saturated rings. The van der Waals surface area contributed by atoms with Crippen molar-refractivity contribution in [1.82, 2.24) is 5.32 Å². The van der Waals surface area contributed by atoms with E-state index >= 15 is 0 Å². The molecule has 2 saturated carbocycles. The molecule has 1 aliphatic heterocycles. The van der Waals surface area contributed by atoms with E-state index in [4.69, 9.17) is 0 Å². The highest BCUT2D eigenvalue weighted by atomic mass is 32.2. The fourth-order valence-electron chi connectivity index (χ4n) is 2.99. The van der Waals surface area contributed by atoms with Crippen LogP contribution in [0.3, 0.4) is 0 Å². The number of hydrogen-bond donors (Lipinski definition) is 1. The molecule has 0 aromatic rings. The molecule has 0 bridgehead atoms. The monoisotopic (exact) mass is 243 g/mol. The van der Waals surface area contributed by atoms with Crippen molar-refractivity contribution in [2.45, 2.75) is 50.6 Å². The number of nitrogens with one attached hydrogen (secondary N) is 1. The van der Waals surface area contributed by atoms with Crippen LogP contribution in [0.2, 0.25) is 0 Å². The van der Waals surface area contributed by atoms with Crippen LogP contribution in [-0.2, 0) is 9.84 Å². The summed E-state index contributed by atoms with van der Waals surface area (Å²) >= 11 is 0. The summed E-state index contributed by atoms with van der Waals surface area (Å²) in [5.41, 5.74) is 0. The molecule has 2 aliphatic carbocycles. The van der Waals surface area contributed by atoms with E-state index in [2.05, 4.69) is 5.32 Å². The first-order valence-electron chi connectivity index (χ1n) is 6.60. The normalized spacial score (nSPS) is 34.2. The van der Waals surface area contributed by atoms with Crippen LogP contribution in [0.5, 0.6) is 0 Å². The lowest BCUT2D eigenvalue weighted by molar-refractivity contribution is 0.356. The first kappa shape index (κ1) is 11.0. The van der Waals surface area contributed by atoms with Gasteiger partial charge in [0.1, 0.15) is 0 Å². The summed E-state index contributed by atoms with van der Waals surface area (Å²) < 4.78 is 23.1. The molecule has 0 radical (unpaired) electrons. The van der Waals surface area contributed by atoms with Gasteiger partial charge in [0.15, 0.2) is 9.84 Å². The summed E-state index contributed by atoms with van der Waals surface area (Å²) in [6.45, 7) is 0. The van der Waals surface area contributed by atoms with Gasteiger partial charge in [-0.25, -0.2) is 8.42 Å².